The van der Waals surface area contributed by atoms with Crippen LogP contribution in [0.1, 0.15) is 130 Å². The van der Waals surface area contributed by atoms with Gasteiger partial charge in [-0.1, -0.05) is 104 Å². The van der Waals surface area contributed by atoms with E-state index in [9.17, 15) is 9.59 Å². The molecule has 0 aliphatic carbocycles. The van der Waals surface area contributed by atoms with E-state index in [-0.39, 0.29) is 24.8 Å². The number of ether oxygens (including phenoxy) is 2. The Morgan fingerprint density at radius 1 is 0.586 bits per heavy atom. The number of esters is 2. The predicted octanol–water partition coefficient (Wildman–Crippen LogP) is 7.38. The van der Waals surface area contributed by atoms with Gasteiger partial charge >= 0.3 is 11.9 Å². The number of carbonyl (C=O) groups is 2. The Labute approximate surface area is 180 Å². The molecule has 29 heavy (non-hydrogen) atoms. The van der Waals surface area contributed by atoms with Gasteiger partial charge in [0.2, 0.25) is 0 Å². The van der Waals surface area contributed by atoms with Crippen LogP contribution >= 0.6 is 0 Å². The van der Waals surface area contributed by atoms with Crippen molar-refractivity contribution in [3.8, 4) is 0 Å². The second-order valence-corrected chi connectivity index (χ2v) is 8.72. The molecule has 0 heterocycles. The van der Waals surface area contributed by atoms with Crippen LogP contribution in [0.15, 0.2) is 0 Å². The fourth-order valence-corrected chi connectivity index (χ4v) is 3.24. The zero-order chi connectivity index (χ0) is 21.6. The molecule has 0 aromatic heterocycles. The quantitative estimate of drug-likeness (QED) is 0.146. The van der Waals surface area contributed by atoms with Gasteiger partial charge in [-0.3, -0.25) is 9.59 Å². The Morgan fingerprint density at radius 3 is 1.38 bits per heavy atom. The molecule has 4 heteroatoms. The first-order valence-corrected chi connectivity index (χ1v) is 12.4. The highest BCUT2D eigenvalue weighted by molar-refractivity contribution is 5.77. The minimum absolute atomic E-state index is 0.121. The molecule has 0 rings (SSSR count). The van der Waals surface area contributed by atoms with Crippen molar-refractivity contribution in [1.29, 1.82) is 0 Å². The van der Waals surface area contributed by atoms with Crippen LogP contribution in [0.3, 0.4) is 0 Å². The van der Waals surface area contributed by atoms with Gasteiger partial charge in [-0.05, 0) is 18.8 Å². The van der Waals surface area contributed by atoms with Crippen molar-refractivity contribution in [3.05, 3.63) is 0 Å². The van der Waals surface area contributed by atoms with Gasteiger partial charge in [-0.15, -0.1) is 0 Å². The minimum atomic E-state index is -0.306. The molecule has 0 aliphatic heterocycles. The smallest absolute Gasteiger partial charge is 0.306 e. The molecule has 0 aromatic rings. The molecule has 0 aromatic carbocycles. The Bertz CT molecular complexity index is 379. The Hall–Kier alpha value is -1.06. The van der Waals surface area contributed by atoms with Crippen LogP contribution in [0.2, 0.25) is 0 Å². The number of hydrogen-bond donors (Lipinski definition) is 0. The molecule has 0 spiro atoms. The number of carbonyl (C=O) groups excluding carboxylic acids is 2. The molecule has 0 aliphatic rings. The van der Waals surface area contributed by atoms with Crippen LogP contribution in [0, 0.1) is 5.92 Å². The normalized spacial score (nSPS) is 11.0. The van der Waals surface area contributed by atoms with Gasteiger partial charge in [0, 0.05) is 0 Å². The molecule has 0 saturated heterocycles. The number of unbranched alkanes of at least 4 members (excludes halogenated alkanes) is 13. The highest BCUT2D eigenvalue weighted by atomic mass is 16.5. The second kappa shape index (κ2) is 21.6. The predicted molar refractivity (Wildman–Crippen MR) is 121 cm³/mol. The highest BCUT2D eigenvalue weighted by Crippen LogP contribution is 2.13. The van der Waals surface area contributed by atoms with E-state index in [4.69, 9.17) is 9.47 Å². The molecule has 0 N–H and O–H groups in total. The van der Waals surface area contributed by atoms with Gasteiger partial charge in [0.05, 0.1) is 26.1 Å². The first-order valence-electron chi connectivity index (χ1n) is 12.4. The first-order chi connectivity index (χ1) is 14.1. The van der Waals surface area contributed by atoms with Gasteiger partial charge in [-0.2, -0.15) is 0 Å². The lowest BCUT2D eigenvalue weighted by molar-refractivity contribution is -0.150. The molecular formula is C25H48O4. The Balaban J connectivity index is 3.25. The van der Waals surface area contributed by atoms with Crippen molar-refractivity contribution in [3.63, 3.8) is 0 Å². The summed E-state index contributed by atoms with van der Waals surface area (Å²) in [5.41, 5.74) is 0. The zero-order valence-electron chi connectivity index (χ0n) is 19.6. The van der Waals surface area contributed by atoms with Gasteiger partial charge in [0.25, 0.3) is 0 Å². The van der Waals surface area contributed by atoms with Crippen molar-refractivity contribution in [2.45, 2.75) is 130 Å². The Morgan fingerprint density at radius 2 is 0.966 bits per heavy atom. The molecule has 0 saturated carbocycles. The van der Waals surface area contributed by atoms with E-state index < -0.39 is 0 Å². The highest BCUT2D eigenvalue weighted by Gasteiger charge is 2.09. The summed E-state index contributed by atoms with van der Waals surface area (Å²) in [5.74, 6) is -0.0857. The van der Waals surface area contributed by atoms with E-state index in [1.807, 2.05) is 0 Å². The summed E-state index contributed by atoms with van der Waals surface area (Å²) in [6.07, 6.45) is 19.5. The van der Waals surface area contributed by atoms with Crippen LogP contribution in [-0.4, -0.2) is 25.2 Å². The maximum atomic E-state index is 11.6. The maximum absolute atomic E-state index is 11.6. The summed E-state index contributed by atoms with van der Waals surface area (Å²) < 4.78 is 10.3. The SMILES string of the molecule is CCCCCCCCCCCCCCCCOC(=O)CCC(=O)OCCC(C)C. The lowest BCUT2D eigenvalue weighted by Gasteiger charge is -2.07. The molecule has 0 fully saturated rings. The third-order valence-electron chi connectivity index (χ3n) is 5.25. The van der Waals surface area contributed by atoms with E-state index in [2.05, 4.69) is 20.8 Å². The fourth-order valence-electron chi connectivity index (χ4n) is 3.24. The van der Waals surface area contributed by atoms with Crippen molar-refractivity contribution in [2.24, 2.45) is 5.92 Å². The lowest BCUT2D eigenvalue weighted by atomic mass is 10.0. The van der Waals surface area contributed by atoms with Crippen molar-refractivity contribution >= 4 is 11.9 Å². The molecule has 0 amide bonds. The summed E-state index contributed by atoms with van der Waals surface area (Å²) >= 11 is 0. The largest absolute Gasteiger partial charge is 0.466 e. The van der Waals surface area contributed by atoms with Crippen molar-refractivity contribution in [2.75, 3.05) is 13.2 Å². The molecule has 0 unspecified atom stereocenters. The standard InChI is InChI=1S/C25H48O4/c1-4-5-6-7-8-9-10-11-12-13-14-15-16-17-21-28-24(26)18-19-25(27)29-22-20-23(2)3/h23H,4-22H2,1-3H3. The van der Waals surface area contributed by atoms with E-state index in [1.165, 1.54) is 77.0 Å². The van der Waals surface area contributed by atoms with Gasteiger partial charge in [0.15, 0.2) is 0 Å². The molecule has 4 nitrogen and oxygen atoms in total. The zero-order valence-corrected chi connectivity index (χ0v) is 19.6. The monoisotopic (exact) mass is 412 g/mol. The van der Waals surface area contributed by atoms with E-state index >= 15 is 0 Å². The third-order valence-corrected chi connectivity index (χ3v) is 5.25. The molecular weight excluding hydrogens is 364 g/mol. The average molecular weight is 413 g/mol. The van der Waals surface area contributed by atoms with Crippen molar-refractivity contribution in [1.82, 2.24) is 0 Å². The molecule has 172 valence electrons. The van der Waals surface area contributed by atoms with Gasteiger partial charge in [0.1, 0.15) is 0 Å². The molecule has 0 radical (unpaired) electrons. The van der Waals surface area contributed by atoms with E-state index in [0.717, 1.165) is 19.3 Å². The molecule has 0 atom stereocenters. The lowest BCUT2D eigenvalue weighted by Crippen LogP contribution is -2.12. The molecule has 0 bridgehead atoms. The average Bonchev–Trinajstić information content (AvgIpc) is 2.69. The second-order valence-electron chi connectivity index (χ2n) is 8.72. The summed E-state index contributed by atoms with van der Waals surface area (Å²) in [7, 11) is 0. The summed E-state index contributed by atoms with van der Waals surface area (Å²) in [4.78, 5) is 23.1. The number of hydrogen-bond acceptors (Lipinski definition) is 4. The van der Waals surface area contributed by atoms with E-state index in [0.29, 0.717) is 19.1 Å². The van der Waals surface area contributed by atoms with Crippen LogP contribution in [0.5, 0.6) is 0 Å². The maximum Gasteiger partial charge on any atom is 0.306 e. The van der Waals surface area contributed by atoms with Crippen LogP contribution < -0.4 is 0 Å². The fraction of sp³-hybridized carbons (Fsp3) is 0.920. The number of rotatable bonds is 21. The summed E-state index contributed by atoms with van der Waals surface area (Å²) in [6.45, 7) is 7.35. The first kappa shape index (κ1) is 27.9. The van der Waals surface area contributed by atoms with Gasteiger partial charge in [-0.25, -0.2) is 0 Å². The van der Waals surface area contributed by atoms with E-state index in [1.54, 1.807) is 0 Å². The minimum Gasteiger partial charge on any atom is -0.466 e. The van der Waals surface area contributed by atoms with Crippen LogP contribution in [-0.2, 0) is 19.1 Å². The third kappa shape index (κ3) is 23.1. The van der Waals surface area contributed by atoms with Gasteiger partial charge < -0.3 is 9.47 Å². The summed E-state index contributed by atoms with van der Waals surface area (Å²) in [6, 6.07) is 0. The van der Waals surface area contributed by atoms with Crippen LogP contribution in [0.4, 0.5) is 0 Å². The van der Waals surface area contributed by atoms with Crippen LogP contribution in [0.25, 0.3) is 0 Å². The topological polar surface area (TPSA) is 52.6 Å². The summed E-state index contributed by atoms with van der Waals surface area (Å²) in [5, 5.41) is 0. The Kier molecular flexibility index (Phi) is 20.9. The van der Waals surface area contributed by atoms with Crippen molar-refractivity contribution < 1.29 is 19.1 Å².